The molecule has 0 aromatic carbocycles. The van der Waals surface area contributed by atoms with Crippen LogP contribution in [-0.4, -0.2) is 30.2 Å². The number of piperidine rings is 1. The number of ether oxygens (including phenoxy) is 1. The lowest BCUT2D eigenvalue weighted by atomic mass is 9.92. The molecule has 0 aromatic heterocycles. The molecule has 64 valence electrons. The van der Waals surface area contributed by atoms with Crippen LogP contribution in [0, 0.1) is 17.2 Å². The molecule has 1 amide bonds. The van der Waals surface area contributed by atoms with Gasteiger partial charge in [0.25, 0.3) is 0 Å². The lowest BCUT2D eigenvalue weighted by molar-refractivity contribution is 0.106. The fourth-order valence-corrected chi connectivity index (χ4v) is 1.82. The van der Waals surface area contributed by atoms with Crippen LogP contribution in [0.1, 0.15) is 12.8 Å². The monoisotopic (exact) mass is 166 g/mol. The topological polar surface area (TPSA) is 53.3 Å². The Bertz CT molecular complexity index is 246. The van der Waals surface area contributed by atoms with Crippen molar-refractivity contribution in [2.45, 2.75) is 18.9 Å². The zero-order chi connectivity index (χ0) is 8.55. The number of amides is 1. The van der Waals surface area contributed by atoms with Gasteiger partial charge in [-0.1, -0.05) is 0 Å². The number of fused-ring (bicyclic) bond motifs is 2. The molecular weight excluding hydrogens is 156 g/mol. The third-order valence-electron chi connectivity index (χ3n) is 2.56. The van der Waals surface area contributed by atoms with E-state index in [9.17, 15) is 4.79 Å². The van der Waals surface area contributed by atoms with E-state index in [0.29, 0.717) is 13.0 Å². The summed E-state index contributed by atoms with van der Waals surface area (Å²) < 4.78 is 5.09. The lowest BCUT2D eigenvalue weighted by Gasteiger charge is -2.24. The first kappa shape index (κ1) is 7.41. The maximum absolute atomic E-state index is 11.0. The van der Waals surface area contributed by atoms with E-state index in [4.69, 9.17) is 10.00 Å². The van der Waals surface area contributed by atoms with Crippen molar-refractivity contribution in [1.82, 2.24) is 4.90 Å². The van der Waals surface area contributed by atoms with Crippen LogP contribution in [-0.2, 0) is 4.74 Å². The predicted molar refractivity (Wildman–Crippen MR) is 40.2 cm³/mol. The maximum atomic E-state index is 11.0. The maximum Gasteiger partial charge on any atom is 0.410 e. The van der Waals surface area contributed by atoms with Gasteiger partial charge in [0.05, 0.1) is 12.6 Å². The number of nitrogens with zero attached hydrogens (tertiary/aromatic N) is 2. The van der Waals surface area contributed by atoms with Crippen molar-refractivity contribution in [2.75, 3.05) is 13.1 Å². The van der Waals surface area contributed by atoms with Crippen molar-refractivity contribution in [3.63, 3.8) is 0 Å². The molecule has 2 aliphatic heterocycles. The summed E-state index contributed by atoms with van der Waals surface area (Å²) in [7, 11) is 0. The molecule has 2 saturated heterocycles. The molecule has 2 heterocycles. The fraction of sp³-hybridized carbons (Fsp3) is 0.750. The molecule has 0 spiro atoms. The number of carbonyl (C=O) groups excluding carboxylic acids is 1. The average molecular weight is 166 g/mol. The van der Waals surface area contributed by atoms with Crippen LogP contribution in [0.25, 0.3) is 0 Å². The number of hydrogen-bond donors (Lipinski definition) is 0. The first-order valence-corrected chi connectivity index (χ1v) is 4.14. The number of hydrogen-bond acceptors (Lipinski definition) is 3. The molecule has 4 heteroatoms. The molecule has 2 rings (SSSR count). The molecule has 2 aliphatic rings. The van der Waals surface area contributed by atoms with E-state index < -0.39 is 0 Å². The molecule has 2 unspecified atom stereocenters. The van der Waals surface area contributed by atoms with Gasteiger partial charge in [0.1, 0.15) is 6.10 Å². The summed E-state index contributed by atoms with van der Waals surface area (Å²) in [4.78, 5) is 12.7. The van der Waals surface area contributed by atoms with Crippen molar-refractivity contribution in [3.05, 3.63) is 0 Å². The third kappa shape index (κ3) is 1.02. The number of rotatable bonds is 1. The molecular formula is C8H10N2O2. The highest BCUT2D eigenvalue weighted by atomic mass is 16.6. The molecule has 0 aromatic rings. The van der Waals surface area contributed by atoms with E-state index in [-0.39, 0.29) is 18.1 Å². The van der Waals surface area contributed by atoms with Crippen LogP contribution < -0.4 is 0 Å². The van der Waals surface area contributed by atoms with Gasteiger partial charge in [-0.25, -0.2) is 4.79 Å². The van der Waals surface area contributed by atoms with Crippen LogP contribution in [0.5, 0.6) is 0 Å². The van der Waals surface area contributed by atoms with E-state index in [1.807, 2.05) is 0 Å². The Morgan fingerprint density at radius 1 is 1.75 bits per heavy atom. The molecule has 4 nitrogen and oxygen atoms in total. The molecule has 2 fully saturated rings. The van der Waals surface area contributed by atoms with Gasteiger partial charge in [0.15, 0.2) is 0 Å². The van der Waals surface area contributed by atoms with Crippen LogP contribution in [0.3, 0.4) is 0 Å². The smallest absolute Gasteiger partial charge is 0.410 e. The molecule has 0 N–H and O–H groups in total. The standard InChI is InChI=1S/C8H10N2O2/c9-3-1-6-2-4-10-5-7(6)12-8(10)11/h6-7H,1-2,4-5H2. The summed E-state index contributed by atoms with van der Waals surface area (Å²) in [5, 5.41) is 8.51. The second kappa shape index (κ2) is 2.67. The van der Waals surface area contributed by atoms with E-state index in [0.717, 1.165) is 13.0 Å². The van der Waals surface area contributed by atoms with E-state index >= 15 is 0 Å². The largest absolute Gasteiger partial charge is 0.444 e. The zero-order valence-corrected chi connectivity index (χ0v) is 6.69. The second-order valence-corrected chi connectivity index (χ2v) is 3.28. The quantitative estimate of drug-likeness (QED) is 0.577. The minimum Gasteiger partial charge on any atom is -0.444 e. The van der Waals surface area contributed by atoms with E-state index in [1.165, 1.54) is 0 Å². The number of nitriles is 1. The summed E-state index contributed by atoms with van der Waals surface area (Å²) in [6, 6.07) is 2.13. The van der Waals surface area contributed by atoms with Gasteiger partial charge in [-0.2, -0.15) is 5.26 Å². The minimum atomic E-state index is -0.208. The van der Waals surface area contributed by atoms with Crippen molar-refractivity contribution in [3.8, 4) is 6.07 Å². The van der Waals surface area contributed by atoms with Crippen LogP contribution >= 0.6 is 0 Å². The van der Waals surface area contributed by atoms with E-state index in [2.05, 4.69) is 6.07 Å². The first-order valence-electron chi connectivity index (χ1n) is 4.14. The minimum absolute atomic E-state index is 0.0223. The SMILES string of the molecule is N#CCC1CCN2CC1OC2=O. The highest BCUT2D eigenvalue weighted by molar-refractivity contribution is 5.70. The van der Waals surface area contributed by atoms with Gasteiger partial charge in [-0.3, -0.25) is 0 Å². The van der Waals surface area contributed by atoms with Crippen LogP contribution in [0.15, 0.2) is 0 Å². The Balaban J connectivity index is 2.05. The van der Waals surface area contributed by atoms with Gasteiger partial charge in [0.2, 0.25) is 0 Å². The molecule has 2 atom stereocenters. The zero-order valence-electron chi connectivity index (χ0n) is 6.69. The summed E-state index contributed by atoms with van der Waals surface area (Å²) in [6.45, 7) is 1.44. The summed E-state index contributed by atoms with van der Waals surface area (Å²) in [6.07, 6.45) is 1.18. The normalized spacial score (nSPS) is 32.9. The molecule has 2 bridgehead atoms. The molecule has 0 saturated carbocycles. The van der Waals surface area contributed by atoms with E-state index in [1.54, 1.807) is 4.90 Å². The number of carbonyl (C=O) groups is 1. The lowest BCUT2D eigenvalue weighted by Crippen LogP contribution is -2.35. The summed E-state index contributed by atoms with van der Waals surface area (Å²) >= 11 is 0. The van der Waals surface area contributed by atoms with Gasteiger partial charge in [-0.05, 0) is 6.42 Å². The first-order chi connectivity index (χ1) is 5.81. The second-order valence-electron chi connectivity index (χ2n) is 3.28. The van der Waals surface area contributed by atoms with Gasteiger partial charge in [0, 0.05) is 18.9 Å². The van der Waals surface area contributed by atoms with Crippen molar-refractivity contribution in [2.24, 2.45) is 5.92 Å². The average Bonchev–Trinajstić information content (AvgIpc) is 2.35. The molecule has 0 radical (unpaired) electrons. The summed E-state index contributed by atoms with van der Waals surface area (Å²) in [5.41, 5.74) is 0. The molecule has 12 heavy (non-hydrogen) atoms. The Labute approximate surface area is 70.7 Å². The van der Waals surface area contributed by atoms with Crippen molar-refractivity contribution in [1.29, 1.82) is 5.26 Å². The Morgan fingerprint density at radius 3 is 3.33 bits per heavy atom. The van der Waals surface area contributed by atoms with Crippen LogP contribution in [0.2, 0.25) is 0 Å². The van der Waals surface area contributed by atoms with Crippen LogP contribution in [0.4, 0.5) is 4.79 Å². The Kier molecular flexibility index (Phi) is 1.65. The Hall–Kier alpha value is -1.24. The Morgan fingerprint density at radius 2 is 2.58 bits per heavy atom. The highest BCUT2D eigenvalue weighted by Gasteiger charge is 2.40. The predicted octanol–water partition coefficient (Wildman–Crippen LogP) is 0.741. The highest BCUT2D eigenvalue weighted by Crippen LogP contribution is 2.28. The fourth-order valence-electron chi connectivity index (χ4n) is 1.82. The summed E-state index contributed by atoms with van der Waals surface area (Å²) in [5.74, 6) is 0.262. The van der Waals surface area contributed by atoms with Gasteiger partial charge < -0.3 is 9.64 Å². The third-order valence-corrected chi connectivity index (χ3v) is 2.56. The van der Waals surface area contributed by atoms with Crippen molar-refractivity contribution >= 4 is 6.09 Å². The van der Waals surface area contributed by atoms with Gasteiger partial charge >= 0.3 is 6.09 Å². The molecule has 0 aliphatic carbocycles. The van der Waals surface area contributed by atoms with Gasteiger partial charge in [-0.15, -0.1) is 0 Å². The van der Waals surface area contributed by atoms with Crippen molar-refractivity contribution < 1.29 is 9.53 Å².